The lowest BCUT2D eigenvalue weighted by atomic mass is 10.1. The van der Waals surface area contributed by atoms with Gasteiger partial charge < -0.3 is 9.47 Å². The Morgan fingerprint density at radius 2 is 2.04 bits per heavy atom. The molecule has 0 N–H and O–H groups in total. The van der Waals surface area contributed by atoms with Crippen molar-refractivity contribution in [3.05, 3.63) is 64.4 Å². The van der Waals surface area contributed by atoms with E-state index in [0.29, 0.717) is 27.6 Å². The minimum absolute atomic E-state index is 0.0188. The number of hydrogen-bond donors (Lipinski definition) is 0. The highest BCUT2D eigenvalue weighted by atomic mass is 35.5. The van der Waals surface area contributed by atoms with E-state index in [9.17, 15) is 9.59 Å². The van der Waals surface area contributed by atoms with Crippen LogP contribution in [0, 0.1) is 0 Å². The number of hydrogen-bond acceptors (Lipinski definition) is 4. The summed E-state index contributed by atoms with van der Waals surface area (Å²) in [5.74, 6) is 0.803. The van der Waals surface area contributed by atoms with Gasteiger partial charge in [-0.2, -0.15) is 0 Å². The summed E-state index contributed by atoms with van der Waals surface area (Å²) in [6, 6.07) is 12.1. The number of Topliss-reactive ketones (excluding diaryl/α,β-unsaturated/α-hetero) is 2. The molecule has 2 aromatic carbocycles. The molecule has 2 aromatic rings. The highest BCUT2D eigenvalue weighted by Gasteiger charge is 2.27. The summed E-state index contributed by atoms with van der Waals surface area (Å²) in [4.78, 5) is 23.3. The predicted octanol–water partition coefficient (Wildman–Crippen LogP) is 3.92. The van der Waals surface area contributed by atoms with Crippen molar-refractivity contribution in [3.8, 4) is 11.5 Å². The lowest BCUT2D eigenvalue weighted by molar-refractivity contribution is -0.118. The molecule has 1 heterocycles. The summed E-state index contributed by atoms with van der Waals surface area (Å²) >= 11 is 6.09. The van der Waals surface area contributed by atoms with Crippen LogP contribution in [-0.4, -0.2) is 18.2 Å². The lowest BCUT2D eigenvalue weighted by Gasteiger charge is -2.05. The Labute approximate surface area is 138 Å². The fourth-order valence-electron chi connectivity index (χ4n) is 2.18. The number of ketones is 2. The average Bonchev–Trinajstić information content (AvgIpc) is 2.83. The van der Waals surface area contributed by atoms with Gasteiger partial charge in [0.15, 0.2) is 11.5 Å². The number of carbonyl (C=O) groups is 2. The minimum atomic E-state index is -0.210. The van der Waals surface area contributed by atoms with Crippen LogP contribution in [0.5, 0.6) is 11.5 Å². The average molecular weight is 329 g/mol. The largest absolute Gasteiger partial charge is 0.486 e. The Morgan fingerprint density at radius 3 is 2.78 bits per heavy atom. The fraction of sp³-hybridized carbons (Fsp3) is 0.111. The number of ether oxygens (including phenoxy) is 2. The molecule has 5 heteroatoms. The zero-order valence-corrected chi connectivity index (χ0v) is 13.1. The summed E-state index contributed by atoms with van der Waals surface area (Å²) in [5.41, 5.74) is 1.16. The first-order valence-corrected chi connectivity index (χ1v) is 7.37. The Kier molecular flexibility index (Phi) is 4.17. The van der Waals surface area contributed by atoms with E-state index in [1.54, 1.807) is 36.4 Å². The van der Waals surface area contributed by atoms with E-state index < -0.39 is 0 Å². The molecule has 0 saturated heterocycles. The molecule has 1 aliphatic rings. The molecule has 0 fully saturated rings. The van der Waals surface area contributed by atoms with E-state index in [0.717, 1.165) is 0 Å². The SMILES string of the molecule is CC(=O)COc1ccc2c(c1)O/C(=C\c1ccccc1Cl)C2=O. The third-order valence-corrected chi connectivity index (χ3v) is 3.62. The molecule has 116 valence electrons. The van der Waals surface area contributed by atoms with Crippen LogP contribution in [0.2, 0.25) is 5.02 Å². The van der Waals surface area contributed by atoms with Crippen molar-refractivity contribution in [3.63, 3.8) is 0 Å². The molecule has 23 heavy (non-hydrogen) atoms. The quantitative estimate of drug-likeness (QED) is 0.798. The maximum absolute atomic E-state index is 12.4. The number of fused-ring (bicyclic) bond motifs is 1. The maximum Gasteiger partial charge on any atom is 0.231 e. The van der Waals surface area contributed by atoms with Crippen LogP contribution in [0.3, 0.4) is 0 Å². The number of benzene rings is 2. The van der Waals surface area contributed by atoms with E-state index in [1.807, 2.05) is 12.1 Å². The Hall–Kier alpha value is -2.59. The maximum atomic E-state index is 12.4. The predicted molar refractivity (Wildman–Crippen MR) is 87.0 cm³/mol. The van der Waals surface area contributed by atoms with E-state index in [2.05, 4.69) is 0 Å². The number of carbonyl (C=O) groups excluding carboxylic acids is 2. The third-order valence-electron chi connectivity index (χ3n) is 3.28. The molecule has 0 aliphatic carbocycles. The van der Waals surface area contributed by atoms with E-state index in [4.69, 9.17) is 21.1 Å². The van der Waals surface area contributed by atoms with E-state index in [1.165, 1.54) is 6.92 Å². The Balaban J connectivity index is 1.87. The molecule has 1 aliphatic heterocycles. The highest BCUT2D eigenvalue weighted by molar-refractivity contribution is 6.32. The van der Waals surface area contributed by atoms with Gasteiger partial charge in [0.05, 0.1) is 5.56 Å². The molecular weight excluding hydrogens is 316 g/mol. The van der Waals surface area contributed by atoms with Gasteiger partial charge in [0, 0.05) is 11.1 Å². The zero-order valence-electron chi connectivity index (χ0n) is 12.3. The third kappa shape index (κ3) is 3.27. The molecule has 3 rings (SSSR count). The summed E-state index contributed by atoms with van der Waals surface area (Å²) < 4.78 is 10.9. The van der Waals surface area contributed by atoms with Gasteiger partial charge in [-0.05, 0) is 36.8 Å². The second-order valence-corrected chi connectivity index (χ2v) is 5.52. The first-order chi connectivity index (χ1) is 11.0. The van der Waals surface area contributed by atoms with Gasteiger partial charge in [-0.1, -0.05) is 29.8 Å². The number of rotatable bonds is 4. The van der Waals surface area contributed by atoms with Gasteiger partial charge in [-0.25, -0.2) is 0 Å². The Bertz CT molecular complexity index is 824. The van der Waals surface area contributed by atoms with Crippen LogP contribution < -0.4 is 9.47 Å². The van der Waals surface area contributed by atoms with Crippen LogP contribution in [-0.2, 0) is 4.79 Å². The summed E-state index contributed by atoms with van der Waals surface area (Å²) in [6.07, 6.45) is 1.61. The fourth-order valence-corrected chi connectivity index (χ4v) is 2.37. The van der Waals surface area contributed by atoms with E-state index in [-0.39, 0.29) is 23.9 Å². The Morgan fingerprint density at radius 1 is 1.26 bits per heavy atom. The topological polar surface area (TPSA) is 52.6 Å². The molecular formula is C18H13ClO4. The summed E-state index contributed by atoms with van der Waals surface area (Å²) in [6.45, 7) is 1.42. The first kappa shape index (κ1) is 15.3. The second-order valence-electron chi connectivity index (χ2n) is 5.11. The zero-order chi connectivity index (χ0) is 16.4. The van der Waals surface area contributed by atoms with Crippen molar-refractivity contribution >= 4 is 29.2 Å². The van der Waals surface area contributed by atoms with E-state index >= 15 is 0 Å². The number of halogens is 1. The normalized spacial score (nSPS) is 14.5. The second kappa shape index (κ2) is 6.26. The molecule has 0 spiro atoms. The molecule has 0 aromatic heterocycles. The van der Waals surface area contributed by atoms with Crippen molar-refractivity contribution in [2.24, 2.45) is 0 Å². The van der Waals surface area contributed by atoms with Crippen molar-refractivity contribution in [2.45, 2.75) is 6.92 Å². The molecule has 0 unspecified atom stereocenters. The van der Waals surface area contributed by atoms with Gasteiger partial charge >= 0.3 is 0 Å². The van der Waals surface area contributed by atoms with Crippen LogP contribution in [0.25, 0.3) is 6.08 Å². The molecule has 0 atom stereocenters. The van der Waals surface area contributed by atoms with Gasteiger partial charge in [0.2, 0.25) is 5.78 Å². The highest BCUT2D eigenvalue weighted by Crippen LogP contribution is 2.35. The molecule has 0 saturated carbocycles. The van der Waals surface area contributed by atoms with Crippen LogP contribution in [0.1, 0.15) is 22.8 Å². The van der Waals surface area contributed by atoms with Crippen molar-refractivity contribution in [1.82, 2.24) is 0 Å². The molecule has 0 amide bonds. The standard InChI is InChI=1S/C18H13ClO4/c1-11(20)10-22-13-6-7-14-16(9-13)23-17(18(14)21)8-12-4-2-3-5-15(12)19/h2-9H,10H2,1H3/b17-8-. The van der Waals surface area contributed by atoms with Crippen LogP contribution >= 0.6 is 11.6 Å². The van der Waals surface area contributed by atoms with Crippen LogP contribution in [0.15, 0.2) is 48.2 Å². The summed E-state index contributed by atoms with van der Waals surface area (Å²) in [5, 5.41) is 0.540. The van der Waals surface area contributed by atoms with Gasteiger partial charge in [-0.15, -0.1) is 0 Å². The van der Waals surface area contributed by atoms with Gasteiger partial charge in [0.1, 0.15) is 18.1 Å². The van der Waals surface area contributed by atoms with Crippen molar-refractivity contribution in [2.75, 3.05) is 6.61 Å². The minimum Gasteiger partial charge on any atom is -0.486 e. The van der Waals surface area contributed by atoms with Gasteiger partial charge in [-0.3, -0.25) is 9.59 Å². The molecule has 0 radical (unpaired) electrons. The molecule has 0 bridgehead atoms. The first-order valence-electron chi connectivity index (χ1n) is 6.99. The summed E-state index contributed by atoms with van der Waals surface area (Å²) in [7, 11) is 0. The number of allylic oxidation sites excluding steroid dienone is 1. The van der Waals surface area contributed by atoms with Crippen LogP contribution in [0.4, 0.5) is 0 Å². The lowest BCUT2D eigenvalue weighted by Crippen LogP contribution is -2.06. The van der Waals surface area contributed by atoms with Crippen molar-refractivity contribution < 1.29 is 19.1 Å². The molecule has 4 nitrogen and oxygen atoms in total. The van der Waals surface area contributed by atoms with Gasteiger partial charge in [0.25, 0.3) is 0 Å². The van der Waals surface area contributed by atoms with Crippen molar-refractivity contribution in [1.29, 1.82) is 0 Å². The monoisotopic (exact) mass is 328 g/mol. The smallest absolute Gasteiger partial charge is 0.231 e.